The Hall–Kier alpha value is -0.870. The number of hydrogen-bond acceptors (Lipinski definition) is 3. The molecule has 2 heterocycles. The van der Waals surface area contributed by atoms with Gasteiger partial charge in [-0.1, -0.05) is 6.42 Å². The average Bonchev–Trinajstić information content (AvgIpc) is 2.90. The summed E-state index contributed by atoms with van der Waals surface area (Å²) < 4.78 is 2.30. The van der Waals surface area contributed by atoms with Crippen LogP contribution in [0.2, 0.25) is 0 Å². The van der Waals surface area contributed by atoms with Crippen molar-refractivity contribution in [1.82, 2.24) is 19.8 Å². The van der Waals surface area contributed by atoms with Crippen LogP contribution in [0.15, 0.2) is 12.5 Å². The van der Waals surface area contributed by atoms with Crippen LogP contribution in [0.1, 0.15) is 52.1 Å². The molecule has 0 bridgehead atoms. The standard InChI is InChI=1S/C16H30N4/c1-14-8-5-6-9-19(14)10-7-11-20-13-18-12-15(20)16(2,3)17-4/h12-14,17H,5-11H2,1-4H3. The van der Waals surface area contributed by atoms with E-state index in [2.05, 4.69) is 40.5 Å². The third-order valence-electron chi connectivity index (χ3n) is 4.76. The zero-order chi connectivity index (χ0) is 14.6. The van der Waals surface area contributed by atoms with Gasteiger partial charge in [0.2, 0.25) is 0 Å². The summed E-state index contributed by atoms with van der Waals surface area (Å²) in [6.45, 7) is 10.3. The van der Waals surface area contributed by atoms with Crippen LogP contribution < -0.4 is 5.32 Å². The van der Waals surface area contributed by atoms with Crippen molar-refractivity contribution in [3.05, 3.63) is 18.2 Å². The highest BCUT2D eigenvalue weighted by Crippen LogP contribution is 2.20. The van der Waals surface area contributed by atoms with Gasteiger partial charge in [0.1, 0.15) is 0 Å². The van der Waals surface area contributed by atoms with Crippen LogP contribution in [0, 0.1) is 0 Å². The van der Waals surface area contributed by atoms with Crippen LogP contribution in [0.4, 0.5) is 0 Å². The smallest absolute Gasteiger partial charge is 0.0948 e. The predicted octanol–water partition coefficient (Wildman–Crippen LogP) is 2.60. The Balaban J connectivity index is 1.87. The third kappa shape index (κ3) is 3.61. The number of piperidine rings is 1. The minimum atomic E-state index is -0.0189. The number of imidazole rings is 1. The lowest BCUT2D eigenvalue weighted by molar-refractivity contribution is 0.156. The monoisotopic (exact) mass is 278 g/mol. The highest BCUT2D eigenvalue weighted by molar-refractivity contribution is 5.10. The van der Waals surface area contributed by atoms with Crippen LogP contribution in [-0.2, 0) is 12.1 Å². The van der Waals surface area contributed by atoms with Crippen LogP contribution in [0.3, 0.4) is 0 Å². The first kappa shape index (κ1) is 15.5. The molecule has 114 valence electrons. The fourth-order valence-electron chi connectivity index (χ4n) is 3.08. The molecule has 4 nitrogen and oxygen atoms in total. The van der Waals surface area contributed by atoms with Crippen molar-refractivity contribution >= 4 is 0 Å². The van der Waals surface area contributed by atoms with Crippen LogP contribution in [0.25, 0.3) is 0 Å². The molecular formula is C16H30N4. The molecule has 0 radical (unpaired) electrons. The Kier molecular flexibility index (Phi) is 5.22. The van der Waals surface area contributed by atoms with E-state index < -0.39 is 0 Å². The van der Waals surface area contributed by atoms with Gasteiger partial charge in [0.05, 0.1) is 17.6 Å². The van der Waals surface area contributed by atoms with E-state index in [1.807, 2.05) is 19.6 Å². The number of aryl methyl sites for hydroxylation is 1. The van der Waals surface area contributed by atoms with Gasteiger partial charge in [0.25, 0.3) is 0 Å². The molecule has 1 fully saturated rings. The van der Waals surface area contributed by atoms with Gasteiger partial charge in [0.15, 0.2) is 0 Å². The Morgan fingerprint density at radius 1 is 1.35 bits per heavy atom. The highest BCUT2D eigenvalue weighted by atomic mass is 15.2. The van der Waals surface area contributed by atoms with Crippen LogP contribution in [-0.4, -0.2) is 40.6 Å². The molecule has 1 aromatic heterocycles. The zero-order valence-corrected chi connectivity index (χ0v) is 13.5. The van der Waals surface area contributed by atoms with Gasteiger partial charge in [-0.2, -0.15) is 0 Å². The number of aromatic nitrogens is 2. The number of nitrogens with zero attached hydrogens (tertiary/aromatic N) is 3. The Labute approximate surface area is 123 Å². The summed E-state index contributed by atoms with van der Waals surface area (Å²) in [6, 6.07) is 0.764. The van der Waals surface area contributed by atoms with Crippen molar-refractivity contribution in [3.8, 4) is 0 Å². The number of nitrogens with one attached hydrogen (secondary N) is 1. The summed E-state index contributed by atoms with van der Waals surface area (Å²) in [5.41, 5.74) is 1.25. The second-order valence-electron chi connectivity index (χ2n) is 6.58. The lowest BCUT2D eigenvalue weighted by Crippen LogP contribution is -2.38. The molecule has 1 aliphatic rings. The fourth-order valence-corrected chi connectivity index (χ4v) is 3.08. The second-order valence-corrected chi connectivity index (χ2v) is 6.58. The second kappa shape index (κ2) is 6.72. The maximum Gasteiger partial charge on any atom is 0.0948 e. The summed E-state index contributed by atoms with van der Waals surface area (Å²) in [5.74, 6) is 0. The van der Waals surface area contributed by atoms with Gasteiger partial charge < -0.3 is 14.8 Å². The number of hydrogen-bond donors (Lipinski definition) is 1. The first-order valence-electron chi connectivity index (χ1n) is 7.98. The van der Waals surface area contributed by atoms with Crippen LogP contribution >= 0.6 is 0 Å². The topological polar surface area (TPSA) is 33.1 Å². The number of rotatable bonds is 6. The summed E-state index contributed by atoms with van der Waals surface area (Å²) in [5, 5.41) is 3.36. The van der Waals surface area contributed by atoms with Crippen molar-refractivity contribution in [1.29, 1.82) is 0 Å². The van der Waals surface area contributed by atoms with Gasteiger partial charge >= 0.3 is 0 Å². The Bertz CT molecular complexity index is 410. The van der Waals surface area contributed by atoms with E-state index in [0.29, 0.717) is 0 Å². The molecule has 0 aromatic carbocycles. The summed E-state index contributed by atoms with van der Waals surface area (Å²) in [6.07, 6.45) is 9.29. The van der Waals surface area contributed by atoms with E-state index >= 15 is 0 Å². The average molecular weight is 278 g/mol. The Morgan fingerprint density at radius 2 is 2.15 bits per heavy atom. The summed E-state index contributed by atoms with van der Waals surface area (Å²) >= 11 is 0. The van der Waals surface area contributed by atoms with E-state index in [1.54, 1.807) is 0 Å². The van der Waals surface area contributed by atoms with Gasteiger partial charge in [-0.15, -0.1) is 0 Å². The molecule has 0 saturated carbocycles. The molecule has 1 aliphatic heterocycles. The largest absolute Gasteiger partial charge is 0.333 e. The van der Waals surface area contributed by atoms with Gasteiger partial charge in [-0.3, -0.25) is 0 Å². The maximum atomic E-state index is 4.33. The molecule has 20 heavy (non-hydrogen) atoms. The minimum absolute atomic E-state index is 0.0189. The van der Waals surface area contributed by atoms with E-state index in [4.69, 9.17) is 0 Å². The molecule has 2 rings (SSSR count). The number of likely N-dealkylation sites (tertiary alicyclic amines) is 1. The fraction of sp³-hybridized carbons (Fsp3) is 0.812. The molecule has 0 spiro atoms. The van der Waals surface area contributed by atoms with Crippen molar-refractivity contribution in [3.63, 3.8) is 0 Å². The van der Waals surface area contributed by atoms with Gasteiger partial charge in [0, 0.05) is 25.3 Å². The van der Waals surface area contributed by atoms with Gasteiger partial charge in [-0.05, 0) is 53.6 Å². The molecule has 1 N–H and O–H groups in total. The maximum absolute atomic E-state index is 4.33. The molecule has 1 aromatic rings. The van der Waals surface area contributed by atoms with Crippen molar-refractivity contribution in [2.45, 2.75) is 64.6 Å². The molecule has 1 unspecified atom stereocenters. The lowest BCUT2D eigenvalue weighted by atomic mass is 10.0. The molecule has 0 amide bonds. The quantitative estimate of drug-likeness (QED) is 0.868. The predicted molar refractivity (Wildman–Crippen MR) is 83.8 cm³/mol. The normalized spacial score (nSPS) is 21.3. The van der Waals surface area contributed by atoms with E-state index in [1.165, 1.54) is 44.5 Å². The van der Waals surface area contributed by atoms with Gasteiger partial charge in [-0.25, -0.2) is 4.98 Å². The lowest BCUT2D eigenvalue weighted by Gasteiger charge is -2.33. The minimum Gasteiger partial charge on any atom is -0.333 e. The van der Waals surface area contributed by atoms with Crippen molar-refractivity contribution in [2.24, 2.45) is 0 Å². The molecule has 0 aliphatic carbocycles. The molecule has 1 saturated heterocycles. The third-order valence-corrected chi connectivity index (χ3v) is 4.76. The first-order chi connectivity index (χ1) is 9.54. The van der Waals surface area contributed by atoms with E-state index in [9.17, 15) is 0 Å². The Morgan fingerprint density at radius 3 is 2.85 bits per heavy atom. The zero-order valence-electron chi connectivity index (χ0n) is 13.5. The SMILES string of the molecule is CNC(C)(C)c1cncn1CCCN1CCCCC1C. The highest BCUT2D eigenvalue weighted by Gasteiger charge is 2.22. The van der Waals surface area contributed by atoms with E-state index in [-0.39, 0.29) is 5.54 Å². The first-order valence-corrected chi connectivity index (χ1v) is 7.98. The summed E-state index contributed by atoms with van der Waals surface area (Å²) in [4.78, 5) is 6.97. The van der Waals surface area contributed by atoms with Crippen LogP contribution in [0.5, 0.6) is 0 Å². The molecule has 1 atom stereocenters. The summed E-state index contributed by atoms with van der Waals surface area (Å²) in [7, 11) is 2.01. The molecular weight excluding hydrogens is 248 g/mol. The molecule has 4 heteroatoms. The van der Waals surface area contributed by atoms with E-state index in [0.717, 1.165) is 12.6 Å². The van der Waals surface area contributed by atoms with Crippen molar-refractivity contribution < 1.29 is 0 Å². The van der Waals surface area contributed by atoms with Crippen molar-refractivity contribution in [2.75, 3.05) is 20.1 Å².